The van der Waals surface area contributed by atoms with Gasteiger partial charge in [0.25, 0.3) is 0 Å². The Kier molecular flexibility index (Phi) is 6.76. The summed E-state index contributed by atoms with van der Waals surface area (Å²) in [6.45, 7) is 10.3. The fourth-order valence-electron chi connectivity index (χ4n) is 1.11. The third-order valence-corrected chi connectivity index (χ3v) is 1.76. The summed E-state index contributed by atoms with van der Waals surface area (Å²) in [5.74, 6) is 0.683. The van der Waals surface area contributed by atoms with Crippen LogP contribution in [0.4, 0.5) is 0 Å². The molecule has 0 fully saturated rings. The molecule has 0 amide bonds. The van der Waals surface area contributed by atoms with Crippen molar-refractivity contribution in [1.82, 2.24) is 4.90 Å². The molecule has 0 spiro atoms. The van der Waals surface area contributed by atoms with Gasteiger partial charge in [-0.1, -0.05) is 13.8 Å². The van der Waals surface area contributed by atoms with Crippen molar-refractivity contribution in [2.24, 2.45) is 10.7 Å². The van der Waals surface area contributed by atoms with E-state index in [2.05, 4.69) is 23.7 Å². The highest BCUT2D eigenvalue weighted by Gasteiger charge is 1.98. The molecule has 0 aromatic rings. The molecule has 0 bridgehead atoms. The molecule has 12 heavy (non-hydrogen) atoms. The van der Waals surface area contributed by atoms with Crippen LogP contribution in [-0.2, 0) is 0 Å². The molecular formula is C9H21N3. The van der Waals surface area contributed by atoms with E-state index in [0.29, 0.717) is 5.84 Å². The molecule has 0 aromatic heterocycles. The Morgan fingerprint density at radius 3 is 2.42 bits per heavy atom. The van der Waals surface area contributed by atoms with Gasteiger partial charge in [0.2, 0.25) is 0 Å². The maximum absolute atomic E-state index is 5.43. The van der Waals surface area contributed by atoms with E-state index in [1.807, 2.05) is 6.92 Å². The van der Waals surface area contributed by atoms with Crippen molar-refractivity contribution in [3.8, 4) is 0 Å². The van der Waals surface area contributed by atoms with Crippen LogP contribution in [0.3, 0.4) is 0 Å². The predicted octanol–water partition coefficient (Wildman–Crippen LogP) is 1.10. The standard InChI is InChI=1S/C9H21N3/c1-4-7-12(5-2)8-6-11-9(3)10/h4-8H2,1-3H3,(H2,10,11). The highest BCUT2D eigenvalue weighted by molar-refractivity contribution is 5.77. The van der Waals surface area contributed by atoms with Gasteiger partial charge >= 0.3 is 0 Å². The van der Waals surface area contributed by atoms with Crippen molar-refractivity contribution in [2.75, 3.05) is 26.2 Å². The molecule has 3 heteroatoms. The van der Waals surface area contributed by atoms with Crippen molar-refractivity contribution < 1.29 is 0 Å². The van der Waals surface area contributed by atoms with Gasteiger partial charge in [-0.25, -0.2) is 0 Å². The summed E-state index contributed by atoms with van der Waals surface area (Å²) < 4.78 is 0. The van der Waals surface area contributed by atoms with Crippen molar-refractivity contribution in [1.29, 1.82) is 0 Å². The van der Waals surface area contributed by atoms with E-state index >= 15 is 0 Å². The summed E-state index contributed by atoms with van der Waals surface area (Å²) in [6, 6.07) is 0. The molecule has 0 aliphatic rings. The molecule has 72 valence electrons. The zero-order chi connectivity index (χ0) is 9.40. The van der Waals surface area contributed by atoms with Gasteiger partial charge in [0.1, 0.15) is 0 Å². The maximum atomic E-state index is 5.43. The lowest BCUT2D eigenvalue weighted by molar-refractivity contribution is 0.297. The number of nitrogens with two attached hydrogens (primary N) is 1. The summed E-state index contributed by atoms with van der Waals surface area (Å²) in [6.07, 6.45) is 1.21. The van der Waals surface area contributed by atoms with E-state index in [0.717, 1.165) is 26.2 Å². The third-order valence-electron chi connectivity index (χ3n) is 1.76. The van der Waals surface area contributed by atoms with Gasteiger partial charge in [-0.3, -0.25) is 4.99 Å². The number of hydrogen-bond donors (Lipinski definition) is 1. The normalized spacial score (nSPS) is 12.5. The highest BCUT2D eigenvalue weighted by atomic mass is 15.1. The monoisotopic (exact) mass is 171 g/mol. The molecular weight excluding hydrogens is 150 g/mol. The second-order valence-corrected chi connectivity index (χ2v) is 2.96. The number of hydrogen-bond acceptors (Lipinski definition) is 2. The lowest BCUT2D eigenvalue weighted by Crippen LogP contribution is -2.27. The Bertz CT molecular complexity index is 128. The minimum atomic E-state index is 0.683. The molecule has 0 saturated heterocycles. The van der Waals surface area contributed by atoms with Gasteiger partial charge in [0.05, 0.1) is 12.4 Å². The van der Waals surface area contributed by atoms with E-state index in [4.69, 9.17) is 5.73 Å². The lowest BCUT2D eigenvalue weighted by Gasteiger charge is -2.17. The van der Waals surface area contributed by atoms with E-state index in [1.54, 1.807) is 0 Å². The number of nitrogens with zero attached hydrogens (tertiary/aromatic N) is 2. The fraction of sp³-hybridized carbons (Fsp3) is 0.889. The Balaban J connectivity index is 3.51. The SMILES string of the molecule is CCCN(CC)CCN=C(C)N. The average molecular weight is 171 g/mol. The summed E-state index contributed by atoms with van der Waals surface area (Å²) in [5.41, 5.74) is 5.43. The second-order valence-electron chi connectivity index (χ2n) is 2.96. The third kappa shape index (κ3) is 6.16. The first-order chi connectivity index (χ1) is 5.70. The van der Waals surface area contributed by atoms with Crippen LogP contribution in [0.2, 0.25) is 0 Å². The molecule has 0 saturated carbocycles. The summed E-state index contributed by atoms with van der Waals surface area (Å²) >= 11 is 0. The van der Waals surface area contributed by atoms with Crippen LogP contribution < -0.4 is 5.73 Å². The molecule has 0 aromatic carbocycles. The van der Waals surface area contributed by atoms with Crippen LogP contribution in [0.25, 0.3) is 0 Å². The van der Waals surface area contributed by atoms with E-state index in [1.165, 1.54) is 6.42 Å². The number of aliphatic imine (C=N–C) groups is 1. The lowest BCUT2D eigenvalue weighted by atomic mass is 10.4. The van der Waals surface area contributed by atoms with Crippen LogP contribution >= 0.6 is 0 Å². The number of amidine groups is 1. The Hall–Kier alpha value is -0.570. The van der Waals surface area contributed by atoms with Crippen LogP contribution in [0.5, 0.6) is 0 Å². The van der Waals surface area contributed by atoms with Gasteiger partial charge in [-0.05, 0) is 26.4 Å². The van der Waals surface area contributed by atoms with Crippen LogP contribution in [0.1, 0.15) is 27.2 Å². The molecule has 0 unspecified atom stereocenters. The van der Waals surface area contributed by atoms with E-state index in [9.17, 15) is 0 Å². The highest BCUT2D eigenvalue weighted by Crippen LogP contribution is 1.90. The Labute approximate surface area is 75.7 Å². The van der Waals surface area contributed by atoms with Gasteiger partial charge in [0.15, 0.2) is 0 Å². The zero-order valence-corrected chi connectivity index (χ0v) is 8.51. The molecule has 2 N–H and O–H groups in total. The quantitative estimate of drug-likeness (QED) is 0.480. The van der Waals surface area contributed by atoms with Crippen molar-refractivity contribution >= 4 is 5.84 Å². The minimum absolute atomic E-state index is 0.683. The molecule has 3 nitrogen and oxygen atoms in total. The fourth-order valence-corrected chi connectivity index (χ4v) is 1.11. The summed E-state index contributed by atoms with van der Waals surface area (Å²) in [4.78, 5) is 6.53. The van der Waals surface area contributed by atoms with Crippen LogP contribution in [0.15, 0.2) is 4.99 Å². The van der Waals surface area contributed by atoms with Crippen LogP contribution in [0, 0.1) is 0 Å². The first-order valence-electron chi connectivity index (χ1n) is 4.69. The molecule has 0 aliphatic carbocycles. The maximum Gasteiger partial charge on any atom is 0.0906 e. The first-order valence-corrected chi connectivity index (χ1v) is 4.69. The van der Waals surface area contributed by atoms with Crippen molar-refractivity contribution in [2.45, 2.75) is 27.2 Å². The topological polar surface area (TPSA) is 41.6 Å². The van der Waals surface area contributed by atoms with Crippen molar-refractivity contribution in [3.63, 3.8) is 0 Å². The van der Waals surface area contributed by atoms with Crippen LogP contribution in [-0.4, -0.2) is 36.9 Å². The molecule has 0 aliphatic heterocycles. The predicted molar refractivity (Wildman–Crippen MR) is 54.6 cm³/mol. The van der Waals surface area contributed by atoms with Gasteiger partial charge in [-0.2, -0.15) is 0 Å². The largest absolute Gasteiger partial charge is 0.388 e. The second kappa shape index (κ2) is 7.10. The molecule has 0 atom stereocenters. The van der Waals surface area contributed by atoms with E-state index < -0.39 is 0 Å². The Morgan fingerprint density at radius 2 is 2.00 bits per heavy atom. The van der Waals surface area contributed by atoms with Gasteiger partial charge in [0, 0.05) is 6.54 Å². The molecule has 0 radical (unpaired) electrons. The van der Waals surface area contributed by atoms with Gasteiger partial charge < -0.3 is 10.6 Å². The minimum Gasteiger partial charge on any atom is -0.388 e. The van der Waals surface area contributed by atoms with Gasteiger partial charge in [-0.15, -0.1) is 0 Å². The first kappa shape index (κ1) is 11.4. The summed E-state index contributed by atoms with van der Waals surface area (Å²) in [5, 5.41) is 0. The summed E-state index contributed by atoms with van der Waals surface area (Å²) in [7, 11) is 0. The zero-order valence-electron chi connectivity index (χ0n) is 8.51. The Morgan fingerprint density at radius 1 is 1.33 bits per heavy atom. The van der Waals surface area contributed by atoms with E-state index in [-0.39, 0.29) is 0 Å². The van der Waals surface area contributed by atoms with Crippen molar-refractivity contribution in [3.05, 3.63) is 0 Å². The molecule has 0 rings (SSSR count). The smallest absolute Gasteiger partial charge is 0.0906 e. The molecule has 0 heterocycles. The number of rotatable bonds is 6. The average Bonchev–Trinajstić information content (AvgIpc) is 2.02. The number of likely N-dealkylation sites (N-methyl/N-ethyl adjacent to an activating group) is 1.